The lowest BCUT2D eigenvalue weighted by Gasteiger charge is -2.27. The summed E-state index contributed by atoms with van der Waals surface area (Å²) in [6.07, 6.45) is 2.11. The number of hydrogen-bond donors (Lipinski definition) is 2. The van der Waals surface area contributed by atoms with Crippen LogP contribution in [0, 0.1) is 19.8 Å². The third-order valence-electron chi connectivity index (χ3n) is 3.91. The Bertz CT molecular complexity index is 474. The first-order chi connectivity index (χ1) is 10.8. The molecular formula is C17H33N5S. The van der Waals surface area contributed by atoms with E-state index in [1.165, 1.54) is 16.3 Å². The van der Waals surface area contributed by atoms with Crippen molar-refractivity contribution in [2.45, 2.75) is 46.6 Å². The zero-order chi connectivity index (χ0) is 17.4. The molecule has 0 aromatic carbocycles. The van der Waals surface area contributed by atoms with Crippen LogP contribution in [0.5, 0.6) is 0 Å². The van der Waals surface area contributed by atoms with Crippen molar-refractivity contribution in [1.82, 2.24) is 20.5 Å². The minimum atomic E-state index is 0.512. The van der Waals surface area contributed by atoms with E-state index in [4.69, 9.17) is 0 Å². The second-order valence-corrected chi connectivity index (χ2v) is 7.91. The van der Waals surface area contributed by atoms with Gasteiger partial charge in [0.05, 0.1) is 10.7 Å². The number of aryl methyl sites for hydroxylation is 2. The Kier molecular flexibility index (Phi) is 8.55. The Morgan fingerprint density at radius 1 is 1.26 bits per heavy atom. The Labute approximate surface area is 145 Å². The largest absolute Gasteiger partial charge is 0.356 e. The molecular weight excluding hydrogens is 306 g/mol. The number of hydrogen-bond acceptors (Lipinski definition) is 4. The molecule has 0 bridgehead atoms. The van der Waals surface area contributed by atoms with Crippen molar-refractivity contribution < 1.29 is 0 Å². The molecule has 1 rings (SSSR count). The van der Waals surface area contributed by atoms with Crippen LogP contribution in [-0.2, 0) is 6.42 Å². The Morgan fingerprint density at radius 3 is 2.43 bits per heavy atom. The molecule has 0 saturated carbocycles. The fourth-order valence-corrected chi connectivity index (χ4v) is 3.32. The van der Waals surface area contributed by atoms with Crippen molar-refractivity contribution in [3.05, 3.63) is 15.6 Å². The molecule has 0 amide bonds. The zero-order valence-electron chi connectivity index (χ0n) is 15.7. The van der Waals surface area contributed by atoms with Gasteiger partial charge in [0, 0.05) is 37.5 Å². The minimum absolute atomic E-state index is 0.512. The first kappa shape index (κ1) is 19.9. The maximum atomic E-state index is 4.57. The molecule has 0 aliphatic rings. The highest BCUT2D eigenvalue weighted by Gasteiger charge is 2.13. The van der Waals surface area contributed by atoms with E-state index >= 15 is 0 Å². The molecule has 2 N–H and O–H groups in total. The standard InChI is InChI=1S/C17H33N5S/c1-12(2)10-15(22(6)7)11-20-17(18-5)19-9-8-16-21-13(3)14(4)23-16/h12,15H,8-11H2,1-7H3,(H2,18,19,20). The van der Waals surface area contributed by atoms with Crippen molar-refractivity contribution in [2.24, 2.45) is 10.9 Å². The summed E-state index contributed by atoms with van der Waals surface area (Å²) in [7, 11) is 6.09. The highest BCUT2D eigenvalue weighted by Crippen LogP contribution is 2.16. The first-order valence-electron chi connectivity index (χ1n) is 8.37. The van der Waals surface area contributed by atoms with Gasteiger partial charge in [-0.15, -0.1) is 11.3 Å². The smallest absolute Gasteiger partial charge is 0.191 e. The quantitative estimate of drug-likeness (QED) is 0.564. The third kappa shape index (κ3) is 7.31. The molecule has 0 spiro atoms. The highest BCUT2D eigenvalue weighted by molar-refractivity contribution is 7.11. The Morgan fingerprint density at radius 2 is 1.96 bits per heavy atom. The van der Waals surface area contributed by atoms with E-state index in [-0.39, 0.29) is 0 Å². The average Bonchev–Trinajstić information content (AvgIpc) is 2.79. The van der Waals surface area contributed by atoms with Crippen LogP contribution in [0.3, 0.4) is 0 Å². The molecule has 0 radical (unpaired) electrons. The van der Waals surface area contributed by atoms with Crippen LogP contribution in [0.2, 0.25) is 0 Å². The molecule has 1 aromatic heterocycles. The van der Waals surface area contributed by atoms with E-state index in [9.17, 15) is 0 Å². The van der Waals surface area contributed by atoms with Gasteiger partial charge in [-0.1, -0.05) is 13.8 Å². The summed E-state index contributed by atoms with van der Waals surface area (Å²) >= 11 is 1.78. The molecule has 0 aliphatic carbocycles. The number of likely N-dealkylation sites (N-methyl/N-ethyl adjacent to an activating group) is 1. The fraction of sp³-hybridized carbons (Fsp3) is 0.765. The molecule has 0 fully saturated rings. The molecule has 23 heavy (non-hydrogen) atoms. The number of nitrogens with zero attached hydrogens (tertiary/aromatic N) is 3. The monoisotopic (exact) mass is 339 g/mol. The molecule has 1 aromatic rings. The van der Waals surface area contributed by atoms with Crippen LogP contribution in [0.25, 0.3) is 0 Å². The molecule has 0 saturated heterocycles. The van der Waals surface area contributed by atoms with Crippen molar-refractivity contribution >= 4 is 17.3 Å². The van der Waals surface area contributed by atoms with Gasteiger partial charge in [-0.2, -0.15) is 0 Å². The Hall–Kier alpha value is -1.14. The van der Waals surface area contributed by atoms with Crippen molar-refractivity contribution in [3.63, 3.8) is 0 Å². The minimum Gasteiger partial charge on any atom is -0.356 e. The summed E-state index contributed by atoms with van der Waals surface area (Å²) < 4.78 is 0. The lowest BCUT2D eigenvalue weighted by atomic mass is 10.0. The van der Waals surface area contributed by atoms with Gasteiger partial charge in [0.1, 0.15) is 0 Å². The molecule has 1 heterocycles. The second kappa shape index (κ2) is 9.88. The molecule has 5 nitrogen and oxygen atoms in total. The summed E-state index contributed by atoms with van der Waals surface area (Å²) in [5.41, 5.74) is 1.15. The summed E-state index contributed by atoms with van der Waals surface area (Å²) in [6.45, 7) is 10.5. The van der Waals surface area contributed by atoms with Gasteiger partial charge in [0.25, 0.3) is 0 Å². The van der Waals surface area contributed by atoms with Crippen LogP contribution in [0.1, 0.15) is 35.8 Å². The number of nitrogens with one attached hydrogen (secondary N) is 2. The summed E-state index contributed by atoms with van der Waals surface area (Å²) in [4.78, 5) is 12.5. The predicted molar refractivity (Wildman–Crippen MR) is 102 cm³/mol. The van der Waals surface area contributed by atoms with Gasteiger partial charge >= 0.3 is 0 Å². The molecule has 0 aliphatic heterocycles. The van der Waals surface area contributed by atoms with Crippen LogP contribution >= 0.6 is 11.3 Å². The van der Waals surface area contributed by atoms with Crippen molar-refractivity contribution in [2.75, 3.05) is 34.2 Å². The molecule has 1 atom stereocenters. The maximum Gasteiger partial charge on any atom is 0.191 e. The lowest BCUT2D eigenvalue weighted by molar-refractivity contribution is 0.254. The normalized spacial score (nSPS) is 13.7. The number of guanidine groups is 1. The summed E-state index contributed by atoms with van der Waals surface area (Å²) in [5.74, 6) is 1.56. The summed E-state index contributed by atoms with van der Waals surface area (Å²) in [5, 5.41) is 8.01. The Balaban J connectivity index is 2.39. The maximum absolute atomic E-state index is 4.57. The van der Waals surface area contributed by atoms with Gasteiger partial charge in [-0.25, -0.2) is 4.98 Å². The van der Waals surface area contributed by atoms with Gasteiger partial charge in [-0.3, -0.25) is 4.99 Å². The van der Waals surface area contributed by atoms with Crippen LogP contribution in [-0.4, -0.2) is 56.1 Å². The van der Waals surface area contributed by atoms with Crippen molar-refractivity contribution in [3.8, 4) is 0 Å². The van der Waals surface area contributed by atoms with E-state index in [0.717, 1.165) is 31.2 Å². The zero-order valence-corrected chi connectivity index (χ0v) is 16.5. The number of aromatic nitrogens is 1. The summed E-state index contributed by atoms with van der Waals surface area (Å²) in [6, 6.07) is 0.512. The number of rotatable bonds is 8. The van der Waals surface area contributed by atoms with Gasteiger partial charge in [0.15, 0.2) is 5.96 Å². The predicted octanol–water partition coefficient (Wildman–Crippen LogP) is 2.44. The van der Waals surface area contributed by atoms with Gasteiger partial charge in [0.2, 0.25) is 0 Å². The number of thiazole rings is 1. The lowest BCUT2D eigenvalue weighted by Crippen LogP contribution is -2.45. The average molecular weight is 340 g/mol. The molecule has 6 heteroatoms. The second-order valence-electron chi connectivity index (χ2n) is 6.63. The molecule has 132 valence electrons. The third-order valence-corrected chi connectivity index (χ3v) is 5.04. The highest BCUT2D eigenvalue weighted by atomic mass is 32.1. The van der Waals surface area contributed by atoms with E-state index in [1.807, 2.05) is 7.05 Å². The van der Waals surface area contributed by atoms with E-state index in [1.54, 1.807) is 11.3 Å². The van der Waals surface area contributed by atoms with Gasteiger partial charge in [-0.05, 0) is 40.3 Å². The van der Waals surface area contributed by atoms with E-state index in [2.05, 4.69) is 67.3 Å². The molecule has 1 unspecified atom stereocenters. The van der Waals surface area contributed by atoms with Crippen LogP contribution in [0.15, 0.2) is 4.99 Å². The number of aliphatic imine (C=N–C) groups is 1. The van der Waals surface area contributed by atoms with E-state index in [0.29, 0.717) is 12.0 Å². The van der Waals surface area contributed by atoms with Crippen LogP contribution < -0.4 is 10.6 Å². The SMILES string of the molecule is CN=C(NCCc1nc(C)c(C)s1)NCC(CC(C)C)N(C)C. The van der Waals surface area contributed by atoms with E-state index < -0.39 is 0 Å². The first-order valence-corrected chi connectivity index (χ1v) is 9.19. The van der Waals surface area contributed by atoms with Crippen molar-refractivity contribution in [1.29, 1.82) is 0 Å². The van der Waals surface area contributed by atoms with Gasteiger partial charge < -0.3 is 15.5 Å². The topological polar surface area (TPSA) is 52.6 Å². The fourth-order valence-electron chi connectivity index (χ4n) is 2.39. The van der Waals surface area contributed by atoms with Crippen LogP contribution in [0.4, 0.5) is 0 Å².